The first-order valence-corrected chi connectivity index (χ1v) is 16.7. The number of unbranched alkanes of at least 4 members (excludes halogenated alkanes) is 3. The van der Waals surface area contributed by atoms with Crippen molar-refractivity contribution in [2.45, 2.75) is 64.3 Å². The zero-order valence-corrected chi connectivity index (χ0v) is 28.0. The van der Waals surface area contributed by atoms with Crippen molar-refractivity contribution in [2.24, 2.45) is 0 Å². The summed E-state index contributed by atoms with van der Waals surface area (Å²) in [6.45, 7) is 1.19. The fourth-order valence-corrected chi connectivity index (χ4v) is 5.51. The predicted molar refractivity (Wildman–Crippen MR) is 188 cm³/mol. The lowest BCUT2D eigenvalue weighted by atomic mass is 9.97. The molecule has 9 heteroatoms. The summed E-state index contributed by atoms with van der Waals surface area (Å²) in [5.74, 6) is 0.0802. The van der Waals surface area contributed by atoms with Gasteiger partial charge in [0.05, 0.1) is 20.3 Å². The van der Waals surface area contributed by atoms with E-state index in [0.717, 1.165) is 65.7 Å². The Bertz CT molecular complexity index is 1650. The summed E-state index contributed by atoms with van der Waals surface area (Å²) in [7, 11) is 1.63. The number of hydrogen-bond acceptors (Lipinski definition) is 6. The predicted octanol–water partition coefficient (Wildman–Crippen LogP) is 7.73. The summed E-state index contributed by atoms with van der Waals surface area (Å²) < 4.78 is 17.3. The molecule has 0 aliphatic rings. The SMILES string of the molecule is COc1ccc(-c2cc(OCCCCCCc3cccc(OCCCC(=O)O)c3CCC(=O)O)cc(C(=O)NCc3ccccc3)c2)cc1. The molecule has 0 heterocycles. The van der Waals surface area contributed by atoms with E-state index >= 15 is 0 Å². The second-order valence-corrected chi connectivity index (χ2v) is 11.8. The number of amides is 1. The van der Waals surface area contributed by atoms with Crippen LogP contribution in [0.5, 0.6) is 17.2 Å². The van der Waals surface area contributed by atoms with Gasteiger partial charge < -0.3 is 29.7 Å². The molecule has 0 atom stereocenters. The van der Waals surface area contributed by atoms with Crippen LogP contribution in [0.1, 0.15) is 72.0 Å². The third-order valence-electron chi connectivity index (χ3n) is 8.11. The molecule has 0 spiro atoms. The number of methoxy groups -OCH3 is 1. The number of carboxylic acids is 2. The number of hydrogen-bond donors (Lipinski definition) is 3. The Kier molecular flexibility index (Phi) is 14.5. The van der Waals surface area contributed by atoms with Gasteiger partial charge in [-0.2, -0.15) is 0 Å². The molecule has 4 rings (SSSR count). The Morgan fingerprint density at radius 1 is 0.653 bits per heavy atom. The quantitative estimate of drug-likeness (QED) is 0.0770. The van der Waals surface area contributed by atoms with E-state index in [0.29, 0.717) is 43.1 Å². The molecule has 0 saturated heterocycles. The summed E-state index contributed by atoms with van der Waals surface area (Å²) in [6.07, 6.45) is 5.20. The van der Waals surface area contributed by atoms with Crippen LogP contribution >= 0.6 is 0 Å². The van der Waals surface area contributed by atoms with Crippen molar-refractivity contribution in [3.05, 3.63) is 113 Å². The fourth-order valence-electron chi connectivity index (χ4n) is 5.51. The highest BCUT2D eigenvalue weighted by Gasteiger charge is 2.14. The standard InChI is InChI=1S/C40H45NO8/c1-47-34-19-17-30(18-20-34)32-25-33(40(46)41-28-29-11-5-4-6-12-29)27-35(26-32)48-23-8-3-2-7-13-31-14-9-15-37(36(31)21-22-39(44)45)49-24-10-16-38(42)43/h4-6,9,11-12,14-15,17-20,25-27H,2-3,7-8,10,13,16,21-24,28H2,1H3,(H,41,46)(H,42,43)(H,44,45). The molecule has 9 nitrogen and oxygen atoms in total. The van der Waals surface area contributed by atoms with Crippen molar-refractivity contribution in [2.75, 3.05) is 20.3 Å². The van der Waals surface area contributed by atoms with Crippen LogP contribution in [0.4, 0.5) is 0 Å². The normalized spacial score (nSPS) is 10.7. The molecule has 4 aromatic carbocycles. The highest BCUT2D eigenvalue weighted by molar-refractivity contribution is 5.96. The maximum absolute atomic E-state index is 13.2. The van der Waals surface area contributed by atoms with Crippen LogP contribution < -0.4 is 19.5 Å². The number of ether oxygens (including phenoxy) is 3. The van der Waals surface area contributed by atoms with Gasteiger partial charge in [0.2, 0.25) is 0 Å². The molecule has 3 N–H and O–H groups in total. The summed E-state index contributed by atoms with van der Waals surface area (Å²) >= 11 is 0. The van der Waals surface area contributed by atoms with E-state index < -0.39 is 11.9 Å². The van der Waals surface area contributed by atoms with Crippen molar-refractivity contribution in [1.82, 2.24) is 5.32 Å². The minimum atomic E-state index is -0.874. The van der Waals surface area contributed by atoms with E-state index in [1.54, 1.807) is 13.2 Å². The number of aliphatic carboxylic acids is 2. The topological polar surface area (TPSA) is 131 Å². The van der Waals surface area contributed by atoms with Gasteiger partial charge in [-0.05, 0) is 96.3 Å². The molecule has 0 fully saturated rings. The number of benzene rings is 4. The monoisotopic (exact) mass is 667 g/mol. The third-order valence-corrected chi connectivity index (χ3v) is 8.11. The van der Waals surface area contributed by atoms with Gasteiger partial charge >= 0.3 is 11.9 Å². The van der Waals surface area contributed by atoms with Crippen LogP contribution in [0.15, 0.2) is 91.0 Å². The first-order valence-electron chi connectivity index (χ1n) is 16.7. The average Bonchev–Trinajstić information content (AvgIpc) is 3.11. The van der Waals surface area contributed by atoms with Gasteiger partial charge in [-0.25, -0.2) is 0 Å². The van der Waals surface area contributed by atoms with Crippen LogP contribution in [-0.4, -0.2) is 48.4 Å². The molecule has 0 radical (unpaired) electrons. The first-order chi connectivity index (χ1) is 23.8. The molecule has 1 amide bonds. The number of aryl methyl sites for hydroxylation is 1. The van der Waals surface area contributed by atoms with E-state index in [-0.39, 0.29) is 25.4 Å². The Hall–Kier alpha value is -5.31. The highest BCUT2D eigenvalue weighted by atomic mass is 16.5. The Labute approximate surface area is 287 Å². The largest absolute Gasteiger partial charge is 0.497 e. The van der Waals surface area contributed by atoms with Crippen LogP contribution in [0.2, 0.25) is 0 Å². The number of rotatable bonds is 21. The zero-order valence-electron chi connectivity index (χ0n) is 28.0. The lowest BCUT2D eigenvalue weighted by molar-refractivity contribution is -0.138. The second kappa shape index (κ2) is 19.5. The van der Waals surface area contributed by atoms with E-state index in [2.05, 4.69) is 5.32 Å². The second-order valence-electron chi connectivity index (χ2n) is 11.8. The van der Waals surface area contributed by atoms with Crippen LogP contribution in [0, 0.1) is 0 Å². The Morgan fingerprint density at radius 3 is 2.12 bits per heavy atom. The number of carbonyl (C=O) groups excluding carboxylic acids is 1. The molecule has 49 heavy (non-hydrogen) atoms. The van der Waals surface area contributed by atoms with Crippen LogP contribution in [0.25, 0.3) is 11.1 Å². The summed E-state index contributed by atoms with van der Waals surface area (Å²) in [4.78, 5) is 35.3. The molecular formula is C40H45NO8. The van der Waals surface area contributed by atoms with Gasteiger partial charge in [0.15, 0.2) is 0 Å². The van der Waals surface area contributed by atoms with E-state index in [4.69, 9.17) is 19.3 Å². The van der Waals surface area contributed by atoms with Crippen molar-refractivity contribution >= 4 is 17.8 Å². The van der Waals surface area contributed by atoms with Gasteiger partial charge in [-0.3, -0.25) is 14.4 Å². The molecular weight excluding hydrogens is 622 g/mol. The zero-order chi connectivity index (χ0) is 34.8. The molecule has 0 aliphatic heterocycles. The molecule has 0 saturated carbocycles. The van der Waals surface area contributed by atoms with Crippen LogP contribution in [0.3, 0.4) is 0 Å². The number of carboxylic acid groups (broad SMARTS) is 2. The molecule has 0 bridgehead atoms. The lowest BCUT2D eigenvalue weighted by Crippen LogP contribution is -2.22. The van der Waals surface area contributed by atoms with Crippen molar-refractivity contribution in [3.63, 3.8) is 0 Å². The van der Waals surface area contributed by atoms with Gasteiger partial charge in [-0.1, -0.05) is 67.4 Å². The van der Waals surface area contributed by atoms with Gasteiger partial charge in [0, 0.05) is 24.9 Å². The van der Waals surface area contributed by atoms with E-state index in [9.17, 15) is 19.5 Å². The fraction of sp³-hybridized carbons (Fsp3) is 0.325. The van der Waals surface area contributed by atoms with Gasteiger partial charge in [0.1, 0.15) is 17.2 Å². The van der Waals surface area contributed by atoms with Crippen molar-refractivity contribution in [1.29, 1.82) is 0 Å². The number of carbonyl (C=O) groups is 3. The highest BCUT2D eigenvalue weighted by Crippen LogP contribution is 2.29. The smallest absolute Gasteiger partial charge is 0.303 e. The number of nitrogens with one attached hydrogen (secondary N) is 1. The molecule has 4 aromatic rings. The maximum atomic E-state index is 13.2. The van der Waals surface area contributed by atoms with Gasteiger partial charge in [-0.15, -0.1) is 0 Å². The molecule has 0 unspecified atom stereocenters. The maximum Gasteiger partial charge on any atom is 0.303 e. The van der Waals surface area contributed by atoms with Gasteiger partial charge in [0.25, 0.3) is 5.91 Å². The van der Waals surface area contributed by atoms with Crippen molar-refractivity contribution in [3.8, 4) is 28.4 Å². The van der Waals surface area contributed by atoms with E-state index in [1.165, 1.54) is 0 Å². The minimum Gasteiger partial charge on any atom is -0.497 e. The molecule has 0 aromatic heterocycles. The van der Waals surface area contributed by atoms with Crippen LogP contribution in [-0.2, 0) is 29.0 Å². The Balaban J connectivity index is 1.32. The average molecular weight is 668 g/mol. The lowest BCUT2D eigenvalue weighted by Gasteiger charge is -2.15. The summed E-state index contributed by atoms with van der Waals surface area (Å²) in [5.41, 5.74) is 5.29. The third kappa shape index (κ3) is 12.3. The first kappa shape index (κ1) is 36.5. The summed E-state index contributed by atoms with van der Waals surface area (Å²) in [5, 5.41) is 21.2. The molecule has 0 aliphatic carbocycles. The van der Waals surface area contributed by atoms with E-state index in [1.807, 2.05) is 84.9 Å². The van der Waals surface area contributed by atoms with Crippen molar-refractivity contribution < 1.29 is 38.8 Å². The molecule has 258 valence electrons. The minimum absolute atomic E-state index is 0.00406. The summed E-state index contributed by atoms with van der Waals surface area (Å²) in [6, 6.07) is 28.8. The Morgan fingerprint density at radius 2 is 1.39 bits per heavy atom.